The molecule has 6 heteroatoms. The molecule has 2 aromatic rings. The Morgan fingerprint density at radius 3 is 2.31 bits per heavy atom. The van der Waals surface area contributed by atoms with Crippen LogP contribution >= 0.6 is 12.4 Å². The number of rotatable bonds is 7. The van der Waals surface area contributed by atoms with E-state index in [0.717, 1.165) is 31.7 Å². The van der Waals surface area contributed by atoms with Crippen molar-refractivity contribution in [3.8, 4) is 0 Å². The summed E-state index contributed by atoms with van der Waals surface area (Å²) in [4.78, 5) is 4.26. The van der Waals surface area contributed by atoms with Gasteiger partial charge in [0.1, 0.15) is 5.82 Å². The monoisotopic (exact) mass is 380 g/mol. The highest BCUT2D eigenvalue weighted by Gasteiger charge is 2.21. The van der Waals surface area contributed by atoms with Gasteiger partial charge in [0.25, 0.3) is 0 Å². The molecular weight excluding hydrogens is 355 g/mol. The van der Waals surface area contributed by atoms with Crippen molar-refractivity contribution < 1.29 is 14.2 Å². The van der Waals surface area contributed by atoms with E-state index in [1.807, 2.05) is 42.5 Å². The molecule has 1 heterocycles. The number of piperazine rings is 1. The Kier molecular flexibility index (Phi) is 8.32. The lowest BCUT2D eigenvalue weighted by molar-refractivity contribution is 0.00912. The number of aliphatic hydroxyl groups excluding tert-OH is 1. The van der Waals surface area contributed by atoms with Gasteiger partial charge < -0.3 is 14.7 Å². The Morgan fingerprint density at radius 1 is 0.962 bits per heavy atom. The average Bonchev–Trinajstić information content (AvgIpc) is 2.64. The average molecular weight is 381 g/mol. The minimum Gasteiger partial charge on any atom is -0.389 e. The molecule has 0 aliphatic carbocycles. The van der Waals surface area contributed by atoms with Crippen LogP contribution in [-0.2, 0) is 11.3 Å². The first kappa shape index (κ1) is 20.6. The van der Waals surface area contributed by atoms with Crippen LogP contribution in [0.5, 0.6) is 0 Å². The number of ether oxygens (including phenoxy) is 1. The van der Waals surface area contributed by atoms with E-state index in [1.165, 1.54) is 6.07 Å². The van der Waals surface area contributed by atoms with E-state index in [2.05, 4.69) is 9.80 Å². The summed E-state index contributed by atoms with van der Waals surface area (Å²) in [5, 5.41) is 10.2. The molecule has 1 unspecified atom stereocenters. The summed E-state index contributed by atoms with van der Waals surface area (Å²) in [6.07, 6.45) is -0.510. The maximum Gasteiger partial charge on any atom is 0.146 e. The van der Waals surface area contributed by atoms with Gasteiger partial charge in [0, 0.05) is 32.7 Å². The number of nitrogens with zero attached hydrogens (tertiary/aromatic N) is 2. The highest BCUT2D eigenvalue weighted by molar-refractivity contribution is 5.85. The lowest BCUT2D eigenvalue weighted by Crippen LogP contribution is -2.49. The number of β-amino-alcohol motifs (C(OH)–C–C–N with tert-alkyl or cyclic N) is 1. The smallest absolute Gasteiger partial charge is 0.146 e. The summed E-state index contributed by atoms with van der Waals surface area (Å²) in [7, 11) is 0. The zero-order valence-corrected chi connectivity index (χ0v) is 15.6. The third-order valence-electron chi connectivity index (χ3n) is 4.46. The fourth-order valence-electron chi connectivity index (χ4n) is 3.12. The van der Waals surface area contributed by atoms with Gasteiger partial charge in [-0.1, -0.05) is 42.5 Å². The number of hydrogen-bond acceptors (Lipinski definition) is 4. The van der Waals surface area contributed by atoms with Crippen LogP contribution in [0.3, 0.4) is 0 Å². The maximum absolute atomic E-state index is 13.8. The second-order valence-corrected chi connectivity index (χ2v) is 6.39. The first-order chi connectivity index (χ1) is 12.2. The predicted molar refractivity (Wildman–Crippen MR) is 104 cm³/mol. The van der Waals surface area contributed by atoms with Crippen molar-refractivity contribution >= 4 is 18.1 Å². The quantitative estimate of drug-likeness (QED) is 0.801. The van der Waals surface area contributed by atoms with E-state index < -0.39 is 6.10 Å². The van der Waals surface area contributed by atoms with E-state index in [9.17, 15) is 9.50 Å². The number of benzene rings is 2. The highest BCUT2D eigenvalue weighted by atomic mass is 35.5. The van der Waals surface area contributed by atoms with E-state index in [-0.39, 0.29) is 18.2 Å². The van der Waals surface area contributed by atoms with Crippen molar-refractivity contribution in [2.75, 3.05) is 44.2 Å². The van der Waals surface area contributed by atoms with Crippen molar-refractivity contribution in [3.05, 3.63) is 66.0 Å². The summed E-state index contributed by atoms with van der Waals surface area (Å²) in [5.41, 5.74) is 1.77. The topological polar surface area (TPSA) is 35.9 Å². The summed E-state index contributed by atoms with van der Waals surface area (Å²) in [6.45, 7) is 4.56. The summed E-state index contributed by atoms with van der Waals surface area (Å²) in [5.74, 6) is -0.176. The molecule has 26 heavy (non-hydrogen) atoms. The summed E-state index contributed by atoms with van der Waals surface area (Å²) in [6, 6.07) is 16.8. The Hall–Kier alpha value is -1.66. The van der Waals surface area contributed by atoms with E-state index in [0.29, 0.717) is 25.4 Å². The van der Waals surface area contributed by atoms with E-state index >= 15 is 0 Å². The van der Waals surface area contributed by atoms with Crippen LogP contribution in [0, 0.1) is 5.82 Å². The minimum atomic E-state index is -0.510. The Labute approximate surface area is 160 Å². The largest absolute Gasteiger partial charge is 0.389 e. The fourth-order valence-corrected chi connectivity index (χ4v) is 3.12. The van der Waals surface area contributed by atoms with Crippen LogP contribution in [-0.4, -0.2) is 55.4 Å². The maximum atomic E-state index is 13.8. The van der Waals surface area contributed by atoms with Crippen LogP contribution in [0.25, 0.3) is 0 Å². The van der Waals surface area contributed by atoms with Gasteiger partial charge in [0.2, 0.25) is 0 Å². The van der Waals surface area contributed by atoms with Crippen molar-refractivity contribution in [1.82, 2.24) is 4.90 Å². The zero-order chi connectivity index (χ0) is 17.5. The lowest BCUT2D eigenvalue weighted by Gasteiger charge is -2.36. The molecule has 0 bridgehead atoms. The van der Waals surface area contributed by atoms with Gasteiger partial charge in [0.05, 0.1) is 25.0 Å². The molecule has 2 aromatic carbocycles. The Balaban J connectivity index is 0.00000243. The third kappa shape index (κ3) is 5.95. The van der Waals surface area contributed by atoms with E-state index in [1.54, 1.807) is 6.07 Å². The van der Waals surface area contributed by atoms with Gasteiger partial charge in [-0.25, -0.2) is 4.39 Å². The van der Waals surface area contributed by atoms with Crippen LogP contribution in [0.1, 0.15) is 5.56 Å². The SMILES string of the molecule is Cl.OC(COCc1ccccc1)CN1CCN(c2ccccc2F)CC1. The lowest BCUT2D eigenvalue weighted by atomic mass is 10.2. The van der Waals surface area contributed by atoms with Gasteiger partial charge in [-0.2, -0.15) is 0 Å². The molecule has 0 aromatic heterocycles. The number of anilines is 1. The summed E-state index contributed by atoms with van der Waals surface area (Å²) >= 11 is 0. The van der Waals surface area contributed by atoms with Gasteiger partial charge in [-0.05, 0) is 17.7 Å². The van der Waals surface area contributed by atoms with Crippen molar-refractivity contribution in [2.45, 2.75) is 12.7 Å². The number of para-hydroxylation sites is 1. The predicted octanol–water partition coefficient (Wildman–Crippen LogP) is 2.95. The van der Waals surface area contributed by atoms with Crippen molar-refractivity contribution in [2.24, 2.45) is 0 Å². The fraction of sp³-hybridized carbons (Fsp3) is 0.400. The normalized spacial score (nSPS) is 16.2. The summed E-state index contributed by atoms with van der Waals surface area (Å²) < 4.78 is 19.4. The van der Waals surface area contributed by atoms with Crippen LogP contribution in [0.15, 0.2) is 54.6 Å². The van der Waals surface area contributed by atoms with Crippen LogP contribution < -0.4 is 4.90 Å². The second kappa shape index (κ2) is 10.5. The van der Waals surface area contributed by atoms with Crippen molar-refractivity contribution in [3.63, 3.8) is 0 Å². The molecule has 4 nitrogen and oxygen atoms in total. The minimum absolute atomic E-state index is 0. The van der Waals surface area contributed by atoms with Crippen molar-refractivity contribution in [1.29, 1.82) is 0 Å². The number of hydrogen-bond donors (Lipinski definition) is 1. The molecule has 0 amide bonds. The molecule has 0 radical (unpaired) electrons. The standard InChI is InChI=1S/C20H25FN2O2.ClH/c21-19-8-4-5-9-20(19)23-12-10-22(11-13-23)14-18(24)16-25-15-17-6-2-1-3-7-17;/h1-9,18,24H,10-16H2;1H. The van der Waals surface area contributed by atoms with Crippen LogP contribution in [0.2, 0.25) is 0 Å². The molecule has 3 rings (SSSR count). The van der Waals surface area contributed by atoms with Crippen LogP contribution in [0.4, 0.5) is 10.1 Å². The zero-order valence-electron chi connectivity index (χ0n) is 14.8. The molecule has 1 N–H and O–H groups in total. The first-order valence-corrected chi connectivity index (χ1v) is 8.74. The first-order valence-electron chi connectivity index (χ1n) is 8.74. The van der Waals surface area contributed by atoms with Gasteiger partial charge in [-0.15, -0.1) is 12.4 Å². The van der Waals surface area contributed by atoms with Gasteiger partial charge in [0.15, 0.2) is 0 Å². The number of halogens is 2. The van der Waals surface area contributed by atoms with Gasteiger partial charge >= 0.3 is 0 Å². The number of aliphatic hydroxyl groups is 1. The molecule has 1 aliphatic heterocycles. The molecule has 0 spiro atoms. The molecular formula is C20H26ClFN2O2. The Morgan fingerprint density at radius 2 is 1.62 bits per heavy atom. The third-order valence-corrected chi connectivity index (χ3v) is 4.46. The van der Waals surface area contributed by atoms with Gasteiger partial charge in [-0.3, -0.25) is 4.90 Å². The van der Waals surface area contributed by atoms with E-state index in [4.69, 9.17) is 4.74 Å². The highest BCUT2D eigenvalue weighted by Crippen LogP contribution is 2.20. The Bertz CT molecular complexity index is 651. The molecule has 1 atom stereocenters. The molecule has 1 fully saturated rings. The molecule has 1 aliphatic rings. The second-order valence-electron chi connectivity index (χ2n) is 6.39. The molecule has 0 saturated carbocycles. The molecule has 142 valence electrons. The molecule has 1 saturated heterocycles.